The van der Waals surface area contributed by atoms with Crippen molar-refractivity contribution in [2.24, 2.45) is 5.73 Å². The number of nitrogens with one attached hydrogen (secondary N) is 2. The fourth-order valence-corrected chi connectivity index (χ4v) is 2.13. The zero-order valence-electron chi connectivity index (χ0n) is 11.8. The molecule has 2 aromatic rings. The molecule has 0 saturated carbocycles. The highest BCUT2D eigenvalue weighted by Crippen LogP contribution is 2.15. The van der Waals surface area contributed by atoms with E-state index in [0.29, 0.717) is 17.3 Å². The van der Waals surface area contributed by atoms with Crippen LogP contribution in [0.3, 0.4) is 0 Å². The Balaban J connectivity index is 1.86. The average Bonchev–Trinajstić information content (AvgIpc) is 2.48. The zero-order chi connectivity index (χ0) is 15.9. The standard InChI is InChI=1S/C16H16ClN3O2/c17-14-4-2-1-3-12(14)9-15(21)19-10-11-5-7-13(8-6-11)20-16(18)22/h1-8H,9-10H2,(H,19,21)(H3,18,20,22). The summed E-state index contributed by atoms with van der Waals surface area (Å²) in [6.45, 7) is 0.403. The molecule has 22 heavy (non-hydrogen) atoms. The van der Waals surface area contributed by atoms with Crippen LogP contribution in [0.1, 0.15) is 11.1 Å². The van der Waals surface area contributed by atoms with Crippen molar-refractivity contribution >= 4 is 29.2 Å². The van der Waals surface area contributed by atoms with E-state index in [-0.39, 0.29) is 12.3 Å². The first-order chi connectivity index (χ1) is 10.5. The van der Waals surface area contributed by atoms with Crippen molar-refractivity contribution in [3.05, 3.63) is 64.7 Å². The summed E-state index contributed by atoms with van der Waals surface area (Å²) in [5.41, 5.74) is 7.35. The van der Waals surface area contributed by atoms with Gasteiger partial charge in [0.15, 0.2) is 0 Å². The SMILES string of the molecule is NC(=O)Nc1ccc(CNC(=O)Cc2ccccc2Cl)cc1. The molecule has 0 aliphatic rings. The molecule has 6 heteroatoms. The predicted molar refractivity (Wildman–Crippen MR) is 86.7 cm³/mol. The lowest BCUT2D eigenvalue weighted by atomic mass is 10.1. The van der Waals surface area contributed by atoms with Gasteiger partial charge in [-0.15, -0.1) is 0 Å². The highest BCUT2D eigenvalue weighted by Gasteiger charge is 2.06. The van der Waals surface area contributed by atoms with Crippen LogP contribution >= 0.6 is 11.6 Å². The fraction of sp³-hybridized carbons (Fsp3) is 0.125. The number of halogens is 1. The van der Waals surface area contributed by atoms with Crippen molar-refractivity contribution in [2.75, 3.05) is 5.32 Å². The van der Waals surface area contributed by atoms with E-state index >= 15 is 0 Å². The summed E-state index contributed by atoms with van der Waals surface area (Å²) in [5.74, 6) is -0.104. The fourth-order valence-electron chi connectivity index (χ4n) is 1.93. The first-order valence-electron chi connectivity index (χ1n) is 6.70. The molecule has 0 radical (unpaired) electrons. The molecule has 0 saturated heterocycles. The van der Waals surface area contributed by atoms with E-state index < -0.39 is 6.03 Å². The quantitative estimate of drug-likeness (QED) is 0.792. The maximum Gasteiger partial charge on any atom is 0.316 e. The van der Waals surface area contributed by atoms with Crippen molar-refractivity contribution in [3.63, 3.8) is 0 Å². The van der Waals surface area contributed by atoms with Gasteiger partial charge in [0.1, 0.15) is 0 Å². The third-order valence-electron chi connectivity index (χ3n) is 3.02. The number of benzene rings is 2. The minimum absolute atomic E-state index is 0.104. The van der Waals surface area contributed by atoms with E-state index in [1.165, 1.54) is 0 Å². The van der Waals surface area contributed by atoms with Crippen LogP contribution in [0.5, 0.6) is 0 Å². The summed E-state index contributed by atoms with van der Waals surface area (Å²) < 4.78 is 0. The molecule has 4 N–H and O–H groups in total. The smallest absolute Gasteiger partial charge is 0.316 e. The molecule has 0 heterocycles. The highest BCUT2D eigenvalue weighted by molar-refractivity contribution is 6.31. The molecular weight excluding hydrogens is 302 g/mol. The lowest BCUT2D eigenvalue weighted by Gasteiger charge is -2.08. The highest BCUT2D eigenvalue weighted by atomic mass is 35.5. The molecule has 5 nitrogen and oxygen atoms in total. The number of carbonyl (C=O) groups is 2. The predicted octanol–water partition coefficient (Wildman–Crippen LogP) is 2.69. The summed E-state index contributed by atoms with van der Waals surface area (Å²) in [6.07, 6.45) is 0.237. The average molecular weight is 318 g/mol. The maximum absolute atomic E-state index is 11.9. The van der Waals surface area contributed by atoms with Gasteiger partial charge in [-0.1, -0.05) is 41.9 Å². The second-order valence-electron chi connectivity index (χ2n) is 4.73. The number of urea groups is 1. The largest absolute Gasteiger partial charge is 0.352 e. The van der Waals surface area contributed by atoms with Gasteiger partial charge in [-0.2, -0.15) is 0 Å². The second-order valence-corrected chi connectivity index (χ2v) is 5.14. The molecule has 0 atom stereocenters. The van der Waals surface area contributed by atoms with Gasteiger partial charge in [0.05, 0.1) is 6.42 Å². The normalized spacial score (nSPS) is 10.0. The molecule has 0 fully saturated rings. The van der Waals surface area contributed by atoms with Crippen molar-refractivity contribution in [3.8, 4) is 0 Å². The van der Waals surface area contributed by atoms with Crippen molar-refractivity contribution in [1.82, 2.24) is 5.32 Å². The molecule has 0 unspecified atom stereocenters. The van der Waals surface area contributed by atoms with Crippen LogP contribution in [-0.4, -0.2) is 11.9 Å². The number of amides is 3. The molecule has 2 rings (SSSR count). The van der Waals surface area contributed by atoms with Crippen LogP contribution in [0.15, 0.2) is 48.5 Å². The Labute approximate surface area is 133 Å². The van der Waals surface area contributed by atoms with Crippen molar-refractivity contribution in [2.45, 2.75) is 13.0 Å². The molecule has 0 aliphatic heterocycles. The van der Waals surface area contributed by atoms with Crippen molar-refractivity contribution in [1.29, 1.82) is 0 Å². The third-order valence-corrected chi connectivity index (χ3v) is 3.39. The summed E-state index contributed by atoms with van der Waals surface area (Å²) in [7, 11) is 0. The first-order valence-corrected chi connectivity index (χ1v) is 7.08. The van der Waals surface area contributed by atoms with Crippen LogP contribution in [0.25, 0.3) is 0 Å². The van der Waals surface area contributed by atoms with E-state index in [2.05, 4.69) is 10.6 Å². The van der Waals surface area contributed by atoms with Crippen LogP contribution in [0.2, 0.25) is 5.02 Å². The molecule has 3 amide bonds. The van der Waals surface area contributed by atoms with Crippen LogP contribution in [-0.2, 0) is 17.8 Å². The van der Waals surface area contributed by atoms with Gasteiger partial charge < -0.3 is 16.4 Å². The molecule has 0 aliphatic carbocycles. The topological polar surface area (TPSA) is 84.2 Å². The van der Waals surface area contributed by atoms with Gasteiger partial charge in [-0.25, -0.2) is 4.79 Å². The van der Waals surface area contributed by atoms with Gasteiger partial charge >= 0.3 is 6.03 Å². The molecule has 114 valence electrons. The van der Waals surface area contributed by atoms with Crippen LogP contribution in [0, 0.1) is 0 Å². The van der Waals surface area contributed by atoms with E-state index in [4.69, 9.17) is 17.3 Å². The summed E-state index contributed by atoms with van der Waals surface area (Å²) in [4.78, 5) is 22.6. The molecule has 2 aromatic carbocycles. The summed E-state index contributed by atoms with van der Waals surface area (Å²) in [5, 5.41) is 5.88. The summed E-state index contributed by atoms with van der Waals surface area (Å²) >= 11 is 6.02. The first kappa shape index (κ1) is 15.9. The van der Waals surface area contributed by atoms with E-state index in [1.807, 2.05) is 18.2 Å². The van der Waals surface area contributed by atoms with Gasteiger partial charge in [0, 0.05) is 17.3 Å². The number of hydrogen-bond acceptors (Lipinski definition) is 2. The number of rotatable bonds is 5. The minimum atomic E-state index is -0.610. The maximum atomic E-state index is 11.9. The molecule has 0 aromatic heterocycles. The number of nitrogens with two attached hydrogens (primary N) is 1. The minimum Gasteiger partial charge on any atom is -0.352 e. The molecular formula is C16H16ClN3O2. The number of anilines is 1. The molecule has 0 bridgehead atoms. The number of primary amides is 1. The van der Waals surface area contributed by atoms with Crippen molar-refractivity contribution < 1.29 is 9.59 Å². The summed E-state index contributed by atoms with van der Waals surface area (Å²) in [6, 6.07) is 13.7. The monoisotopic (exact) mass is 317 g/mol. The van der Waals surface area contributed by atoms with Gasteiger partial charge in [-0.05, 0) is 29.3 Å². The van der Waals surface area contributed by atoms with E-state index in [0.717, 1.165) is 11.1 Å². The molecule has 0 spiro atoms. The second kappa shape index (κ2) is 7.47. The van der Waals surface area contributed by atoms with E-state index in [9.17, 15) is 9.59 Å². The number of carbonyl (C=O) groups excluding carboxylic acids is 2. The lowest BCUT2D eigenvalue weighted by molar-refractivity contribution is -0.120. The Morgan fingerprint density at radius 2 is 1.73 bits per heavy atom. The van der Waals surface area contributed by atoms with Crippen LogP contribution in [0.4, 0.5) is 10.5 Å². The Morgan fingerprint density at radius 1 is 1.05 bits per heavy atom. The Kier molecular flexibility index (Phi) is 5.38. The van der Waals surface area contributed by atoms with Gasteiger partial charge in [0.25, 0.3) is 0 Å². The van der Waals surface area contributed by atoms with Gasteiger partial charge in [0.2, 0.25) is 5.91 Å². The lowest BCUT2D eigenvalue weighted by Crippen LogP contribution is -2.24. The zero-order valence-corrected chi connectivity index (χ0v) is 12.6. The van der Waals surface area contributed by atoms with E-state index in [1.54, 1.807) is 30.3 Å². The van der Waals surface area contributed by atoms with Gasteiger partial charge in [-0.3, -0.25) is 4.79 Å². The number of hydrogen-bond donors (Lipinski definition) is 3. The third kappa shape index (κ3) is 4.79. The van der Waals surface area contributed by atoms with Crippen LogP contribution < -0.4 is 16.4 Å². The Bertz CT molecular complexity index is 671. The Hall–Kier alpha value is -2.53. The Morgan fingerprint density at radius 3 is 2.36 bits per heavy atom.